The fourth-order valence-electron chi connectivity index (χ4n) is 4.72. The van der Waals surface area contributed by atoms with Crippen molar-refractivity contribution in [3.63, 3.8) is 0 Å². The number of anilines is 1. The summed E-state index contributed by atoms with van der Waals surface area (Å²) in [6.45, 7) is 6.21. The van der Waals surface area contributed by atoms with Crippen molar-refractivity contribution in [3.8, 4) is 10.9 Å². The van der Waals surface area contributed by atoms with Gasteiger partial charge in [-0.3, -0.25) is 9.79 Å². The molecule has 36 heavy (non-hydrogen) atoms. The standard InChI is InChI=1S/C29H30N4O2S/c1-18-9-11-22(12-10-18)32-28(34)27-24-7-5-6-8-25(24)36-29(27)33-19(2)15-21(20(33)3)16-30-23-13-14-26(35-4)31-17-23/h9-17H,5-8H2,1-4H3,(H,32,34). The fraction of sp³-hybridized carbons (Fsp3) is 0.276. The molecule has 1 aliphatic rings. The van der Waals surface area contributed by atoms with Gasteiger partial charge >= 0.3 is 0 Å². The Morgan fingerprint density at radius 3 is 2.61 bits per heavy atom. The predicted octanol–water partition coefficient (Wildman–Crippen LogP) is 6.75. The number of ether oxygens (including phenoxy) is 1. The van der Waals surface area contributed by atoms with Gasteiger partial charge in [-0.2, -0.15) is 0 Å². The van der Waals surface area contributed by atoms with E-state index in [9.17, 15) is 4.79 Å². The molecule has 1 aliphatic carbocycles. The van der Waals surface area contributed by atoms with E-state index < -0.39 is 0 Å². The third-order valence-electron chi connectivity index (χ3n) is 6.65. The zero-order valence-corrected chi connectivity index (χ0v) is 21.9. The first-order valence-electron chi connectivity index (χ1n) is 12.2. The van der Waals surface area contributed by atoms with Crippen LogP contribution >= 0.6 is 11.3 Å². The number of benzene rings is 1. The van der Waals surface area contributed by atoms with E-state index in [1.54, 1.807) is 30.7 Å². The zero-order chi connectivity index (χ0) is 25.2. The van der Waals surface area contributed by atoms with Gasteiger partial charge in [0, 0.05) is 39.8 Å². The maximum atomic E-state index is 13.7. The predicted molar refractivity (Wildman–Crippen MR) is 147 cm³/mol. The number of rotatable bonds is 6. The molecule has 5 rings (SSSR count). The van der Waals surface area contributed by atoms with E-state index in [0.29, 0.717) is 5.88 Å². The Morgan fingerprint density at radius 1 is 1.11 bits per heavy atom. The minimum Gasteiger partial charge on any atom is -0.481 e. The Balaban J connectivity index is 1.52. The Labute approximate surface area is 215 Å². The van der Waals surface area contributed by atoms with Gasteiger partial charge in [0.25, 0.3) is 5.91 Å². The molecule has 184 valence electrons. The number of carbonyl (C=O) groups is 1. The lowest BCUT2D eigenvalue weighted by Gasteiger charge is -2.14. The van der Waals surface area contributed by atoms with Crippen LogP contribution in [-0.2, 0) is 12.8 Å². The molecule has 3 aromatic heterocycles. The molecule has 3 heterocycles. The molecule has 0 saturated heterocycles. The number of hydrogen-bond donors (Lipinski definition) is 1. The van der Waals surface area contributed by atoms with Crippen LogP contribution in [0.1, 0.15) is 56.2 Å². The lowest BCUT2D eigenvalue weighted by molar-refractivity contribution is 0.102. The van der Waals surface area contributed by atoms with E-state index in [4.69, 9.17) is 4.74 Å². The van der Waals surface area contributed by atoms with Crippen LogP contribution in [0.5, 0.6) is 5.88 Å². The minimum absolute atomic E-state index is 0.0414. The number of pyridine rings is 1. The summed E-state index contributed by atoms with van der Waals surface area (Å²) >= 11 is 1.75. The molecule has 1 aromatic carbocycles. The highest BCUT2D eigenvalue weighted by atomic mass is 32.1. The summed E-state index contributed by atoms with van der Waals surface area (Å²) in [5.41, 5.74) is 7.89. The maximum Gasteiger partial charge on any atom is 0.258 e. The topological polar surface area (TPSA) is 68.5 Å². The molecule has 0 fully saturated rings. The quantitative estimate of drug-likeness (QED) is 0.299. The highest BCUT2D eigenvalue weighted by Crippen LogP contribution is 2.39. The fourth-order valence-corrected chi connectivity index (χ4v) is 6.22. The maximum absolute atomic E-state index is 13.7. The summed E-state index contributed by atoms with van der Waals surface area (Å²) in [5, 5.41) is 4.14. The van der Waals surface area contributed by atoms with E-state index in [1.165, 1.54) is 22.4 Å². The molecule has 0 atom stereocenters. The van der Waals surface area contributed by atoms with Gasteiger partial charge in [0.2, 0.25) is 5.88 Å². The van der Waals surface area contributed by atoms with Crippen LogP contribution < -0.4 is 10.1 Å². The number of fused-ring (bicyclic) bond motifs is 1. The van der Waals surface area contributed by atoms with Crippen molar-refractivity contribution in [1.29, 1.82) is 0 Å². The van der Waals surface area contributed by atoms with Gasteiger partial charge in [0.15, 0.2) is 0 Å². The van der Waals surface area contributed by atoms with Crippen LogP contribution in [0.3, 0.4) is 0 Å². The summed E-state index contributed by atoms with van der Waals surface area (Å²) in [5.74, 6) is 0.519. The molecule has 4 aromatic rings. The van der Waals surface area contributed by atoms with Gasteiger partial charge in [0.05, 0.1) is 24.6 Å². The number of hydrogen-bond acceptors (Lipinski definition) is 5. The largest absolute Gasteiger partial charge is 0.481 e. The number of aromatic nitrogens is 2. The number of nitrogens with zero attached hydrogens (tertiary/aromatic N) is 3. The van der Waals surface area contributed by atoms with Crippen molar-refractivity contribution >= 4 is 34.8 Å². The van der Waals surface area contributed by atoms with Gasteiger partial charge in [-0.05, 0) is 76.3 Å². The summed E-state index contributed by atoms with van der Waals surface area (Å²) in [7, 11) is 1.60. The van der Waals surface area contributed by atoms with E-state index >= 15 is 0 Å². The van der Waals surface area contributed by atoms with Crippen molar-refractivity contribution in [2.75, 3.05) is 12.4 Å². The number of aliphatic imine (C=N–C) groups is 1. The molecule has 6 nitrogen and oxygen atoms in total. The lowest BCUT2D eigenvalue weighted by Crippen LogP contribution is -2.17. The van der Waals surface area contributed by atoms with Gasteiger partial charge < -0.3 is 14.6 Å². The van der Waals surface area contributed by atoms with Crippen LogP contribution in [-0.4, -0.2) is 28.8 Å². The summed E-state index contributed by atoms with van der Waals surface area (Å²) in [4.78, 5) is 23.8. The average Bonchev–Trinajstić information content (AvgIpc) is 3.40. The van der Waals surface area contributed by atoms with Gasteiger partial charge in [-0.25, -0.2) is 4.98 Å². The number of amides is 1. The van der Waals surface area contributed by atoms with Crippen molar-refractivity contribution in [1.82, 2.24) is 9.55 Å². The van der Waals surface area contributed by atoms with Crippen molar-refractivity contribution in [2.24, 2.45) is 4.99 Å². The first kappa shape index (κ1) is 24.0. The number of thiophene rings is 1. The first-order valence-corrected chi connectivity index (χ1v) is 13.0. The Kier molecular flexibility index (Phi) is 6.74. The Bertz CT molecular complexity index is 1430. The number of nitrogens with one attached hydrogen (secondary N) is 1. The molecule has 0 saturated carbocycles. The van der Waals surface area contributed by atoms with Crippen LogP contribution in [0.2, 0.25) is 0 Å². The van der Waals surface area contributed by atoms with Crippen molar-refractivity contribution < 1.29 is 9.53 Å². The number of methoxy groups -OCH3 is 1. The van der Waals surface area contributed by atoms with Crippen molar-refractivity contribution in [3.05, 3.63) is 87.2 Å². The highest BCUT2D eigenvalue weighted by molar-refractivity contribution is 7.15. The molecule has 7 heteroatoms. The normalized spacial score (nSPS) is 13.1. The smallest absolute Gasteiger partial charge is 0.258 e. The van der Waals surface area contributed by atoms with Gasteiger partial charge in [-0.1, -0.05) is 17.7 Å². The van der Waals surface area contributed by atoms with Gasteiger partial charge in [0.1, 0.15) is 5.00 Å². The van der Waals surface area contributed by atoms with Crippen molar-refractivity contribution in [2.45, 2.75) is 46.5 Å². The van der Waals surface area contributed by atoms with Crippen LogP contribution in [0.25, 0.3) is 5.00 Å². The monoisotopic (exact) mass is 498 g/mol. The zero-order valence-electron chi connectivity index (χ0n) is 21.1. The summed E-state index contributed by atoms with van der Waals surface area (Å²) < 4.78 is 7.34. The number of carbonyl (C=O) groups excluding carboxylic acids is 1. The summed E-state index contributed by atoms with van der Waals surface area (Å²) in [6.07, 6.45) is 7.82. The number of aryl methyl sites for hydroxylation is 3. The first-order chi connectivity index (χ1) is 17.4. The average molecular weight is 499 g/mol. The van der Waals surface area contributed by atoms with E-state index in [0.717, 1.165) is 58.2 Å². The van der Waals surface area contributed by atoms with E-state index in [-0.39, 0.29) is 5.91 Å². The molecular weight excluding hydrogens is 468 g/mol. The Morgan fingerprint density at radius 2 is 1.89 bits per heavy atom. The molecule has 0 bridgehead atoms. The van der Waals surface area contributed by atoms with Crippen LogP contribution in [0.4, 0.5) is 11.4 Å². The molecule has 0 spiro atoms. The molecule has 1 amide bonds. The Hall–Kier alpha value is -3.71. The minimum atomic E-state index is -0.0414. The molecule has 0 radical (unpaired) electrons. The third-order valence-corrected chi connectivity index (χ3v) is 7.92. The second-order valence-electron chi connectivity index (χ2n) is 9.19. The molecule has 1 N–H and O–H groups in total. The lowest BCUT2D eigenvalue weighted by atomic mass is 9.95. The van der Waals surface area contributed by atoms with E-state index in [2.05, 4.69) is 39.8 Å². The van der Waals surface area contributed by atoms with Crippen LogP contribution in [0.15, 0.2) is 53.7 Å². The molecule has 0 unspecified atom stereocenters. The van der Waals surface area contributed by atoms with Gasteiger partial charge in [-0.15, -0.1) is 11.3 Å². The third kappa shape index (κ3) is 4.71. The second-order valence-corrected chi connectivity index (χ2v) is 10.3. The highest BCUT2D eigenvalue weighted by Gasteiger charge is 2.28. The summed E-state index contributed by atoms with van der Waals surface area (Å²) in [6, 6.07) is 13.7. The van der Waals surface area contributed by atoms with Crippen LogP contribution in [0, 0.1) is 20.8 Å². The molecular formula is C29H30N4O2S. The molecule has 0 aliphatic heterocycles. The second kappa shape index (κ2) is 10.1. The SMILES string of the molecule is COc1ccc(N=Cc2cc(C)n(-c3sc4c(c3C(=O)Nc3ccc(C)cc3)CCCC4)c2C)cn1. The van der Waals surface area contributed by atoms with E-state index in [1.807, 2.05) is 43.5 Å².